The van der Waals surface area contributed by atoms with Gasteiger partial charge in [-0.25, -0.2) is 0 Å². The molecule has 0 nitrogen and oxygen atoms in total. The number of benzene rings is 1. The molecule has 0 bridgehead atoms. The van der Waals surface area contributed by atoms with E-state index in [1.54, 1.807) is 0 Å². The number of hydrogen-bond donors (Lipinski definition) is 0. The maximum absolute atomic E-state index is 2.21. The van der Waals surface area contributed by atoms with Crippen molar-refractivity contribution in [1.82, 2.24) is 0 Å². The molecule has 1 aromatic carbocycles. The highest BCUT2D eigenvalue weighted by Crippen LogP contribution is 2.52. The highest BCUT2D eigenvalue weighted by atomic mass is 33.7. The summed E-state index contributed by atoms with van der Waals surface area (Å²) < 4.78 is 0. The molecule has 0 saturated heterocycles. The molecule has 1 aliphatic heterocycles. The molecule has 11 heavy (non-hydrogen) atoms. The number of rotatable bonds is 0. The number of hydrogen-bond acceptors (Lipinski definition) is 4. The molecule has 4 heteroatoms. The first kappa shape index (κ1) is 8.23. The van der Waals surface area contributed by atoms with Crippen LogP contribution in [0.3, 0.4) is 0 Å². The largest absolute Gasteiger partial charge is 0.0769 e. The second-order valence-electron chi connectivity index (χ2n) is 2.09. The molecule has 0 aromatic heterocycles. The molecular formula is C7H6S4. The van der Waals surface area contributed by atoms with Gasteiger partial charge in [0.05, 0.1) is 0 Å². The monoisotopic (exact) mass is 218 g/mol. The van der Waals surface area contributed by atoms with E-state index in [0.717, 1.165) is 5.75 Å². The Morgan fingerprint density at radius 3 is 3.00 bits per heavy atom. The summed E-state index contributed by atoms with van der Waals surface area (Å²) in [4.78, 5) is 1.43. The lowest BCUT2D eigenvalue weighted by Crippen LogP contribution is -1.79. The van der Waals surface area contributed by atoms with Gasteiger partial charge in [0, 0.05) is 10.6 Å². The molecule has 0 spiro atoms. The molecule has 0 radical (unpaired) electrons. The zero-order chi connectivity index (χ0) is 7.52. The van der Waals surface area contributed by atoms with Crippen LogP contribution >= 0.6 is 41.2 Å². The quantitative estimate of drug-likeness (QED) is 0.597. The van der Waals surface area contributed by atoms with E-state index in [9.17, 15) is 0 Å². The van der Waals surface area contributed by atoms with Gasteiger partial charge in [0.15, 0.2) is 0 Å². The van der Waals surface area contributed by atoms with Crippen LogP contribution in [-0.4, -0.2) is 0 Å². The van der Waals surface area contributed by atoms with Crippen LogP contribution in [0.2, 0.25) is 0 Å². The summed E-state index contributed by atoms with van der Waals surface area (Å²) in [6.45, 7) is 0. The van der Waals surface area contributed by atoms with Crippen molar-refractivity contribution >= 4 is 41.2 Å². The van der Waals surface area contributed by atoms with Gasteiger partial charge in [-0.15, -0.1) is 0 Å². The van der Waals surface area contributed by atoms with Crippen molar-refractivity contribution in [2.24, 2.45) is 0 Å². The van der Waals surface area contributed by atoms with Crippen LogP contribution in [0.4, 0.5) is 0 Å². The average Bonchev–Trinajstić information content (AvgIpc) is 2.28. The Kier molecular flexibility index (Phi) is 3.01. The first-order chi connectivity index (χ1) is 5.47. The first-order valence-corrected chi connectivity index (χ1v) is 8.16. The van der Waals surface area contributed by atoms with Crippen LogP contribution in [0, 0.1) is 0 Å². The molecule has 1 aliphatic rings. The Balaban J connectivity index is 2.33. The summed E-state index contributed by atoms with van der Waals surface area (Å²) in [5, 5.41) is 0. The van der Waals surface area contributed by atoms with E-state index in [-0.39, 0.29) is 0 Å². The summed E-state index contributed by atoms with van der Waals surface area (Å²) in [5.41, 5.74) is 1.47. The molecule has 0 fully saturated rings. The van der Waals surface area contributed by atoms with Gasteiger partial charge in [-0.1, -0.05) is 29.0 Å². The van der Waals surface area contributed by atoms with E-state index in [2.05, 4.69) is 24.3 Å². The Morgan fingerprint density at radius 2 is 2.00 bits per heavy atom. The fraction of sp³-hybridized carbons (Fsp3) is 0.143. The predicted molar refractivity (Wildman–Crippen MR) is 58.8 cm³/mol. The Labute approximate surface area is 81.5 Å². The van der Waals surface area contributed by atoms with Crippen LogP contribution in [0.25, 0.3) is 0 Å². The third kappa shape index (κ3) is 2.05. The second kappa shape index (κ2) is 4.03. The maximum atomic E-state index is 2.21. The minimum atomic E-state index is 1.14. The molecule has 58 valence electrons. The Bertz CT molecular complexity index is 223. The van der Waals surface area contributed by atoms with Crippen LogP contribution in [0.15, 0.2) is 29.2 Å². The molecule has 0 N–H and O–H groups in total. The molecule has 1 aromatic rings. The zero-order valence-electron chi connectivity index (χ0n) is 5.65. The van der Waals surface area contributed by atoms with Gasteiger partial charge in [0.2, 0.25) is 0 Å². The fourth-order valence-corrected chi connectivity index (χ4v) is 6.84. The lowest BCUT2D eigenvalue weighted by molar-refractivity contribution is 1.28. The molecule has 0 unspecified atom stereocenters. The van der Waals surface area contributed by atoms with E-state index in [1.807, 2.05) is 41.2 Å². The summed E-state index contributed by atoms with van der Waals surface area (Å²) in [7, 11) is 7.51. The van der Waals surface area contributed by atoms with Crippen LogP contribution in [-0.2, 0) is 5.75 Å². The zero-order valence-corrected chi connectivity index (χ0v) is 8.92. The van der Waals surface area contributed by atoms with Gasteiger partial charge in [-0.3, -0.25) is 0 Å². The van der Waals surface area contributed by atoms with Gasteiger partial charge in [-0.2, -0.15) is 0 Å². The topological polar surface area (TPSA) is 0 Å². The molecule has 1 heterocycles. The van der Waals surface area contributed by atoms with Crippen LogP contribution < -0.4 is 0 Å². The third-order valence-electron chi connectivity index (χ3n) is 1.39. The van der Waals surface area contributed by atoms with E-state index >= 15 is 0 Å². The fourth-order valence-electron chi connectivity index (χ4n) is 0.862. The summed E-state index contributed by atoms with van der Waals surface area (Å²) in [6.07, 6.45) is 0. The maximum Gasteiger partial charge on any atom is 0.0308 e. The van der Waals surface area contributed by atoms with Crippen molar-refractivity contribution < 1.29 is 0 Å². The molecule has 2 rings (SSSR count). The van der Waals surface area contributed by atoms with Crippen molar-refractivity contribution in [1.29, 1.82) is 0 Å². The van der Waals surface area contributed by atoms with Crippen molar-refractivity contribution in [3.8, 4) is 0 Å². The van der Waals surface area contributed by atoms with Crippen molar-refractivity contribution in [3.63, 3.8) is 0 Å². The van der Waals surface area contributed by atoms with E-state index in [1.165, 1.54) is 10.5 Å². The molecule has 0 atom stereocenters. The van der Waals surface area contributed by atoms with Crippen molar-refractivity contribution in [2.45, 2.75) is 10.6 Å². The van der Waals surface area contributed by atoms with Gasteiger partial charge < -0.3 is 0 Å². The van der Waals surface area contributed by atoms with Crippen LogP contribution in [0.5, 0.6) is 0 Å². The summed E-state index contributed by atoms with van der Waals surface area (Å²) >= 11 is 0. The summed E-state index contributed by atoms with van der Waals surface area (Å²) in [6, 6.07) is 8.62. The van der Waals surface area contributed by atoms with E-state index in [4.69, 9.17) is 0 Å². The predicted octanol–water partition coefficient (Wildman–Crippen LogP) is 4.24. The Hall–Kier alpha value is 0.620. The summed E-state index contributed by atoms with van der Waals surface area (Å²) in [5.74, 6) is 1.14. The third-order valence-corrected chi connectivity index (χ3v) is 7.64. The number of fused-ring (bicyclic) bond motifs is 1. The smallest absolute Gasteiger partial charge is 0.0308 e. The Morgan fingerprint density at radius 1 is 1.09 bits per heavy atom. The lowest BCUT2D eigenvalue weighted by atomic mass is 10.2. The van der Waals surface area contributed by atoms with Gasteiger partial charge >= 0.3 is 0 Å². The average molecular weight is 218 g/mol. The van der Waals surface area contributed by atoms with E-state index < -0.39 is 0 Å². The van der Waals surface area contributed by atoms with E-state index in [0.29, 0.717) is 0 Å². The first-order valence-electron chi connectivity index (χ1n) is 3.17. The van der Waals surface area contributed by atoms with Gasteiger partial charge in [-0.05, 0) is 42.1 Å². The van der Waals surface area contributed by atoms with Crippen molar-refractivity contribution in [3.05, 3.63) is 29.8 Å². The van der Waals surface area contributed by atoms with Gasteiger partial charge in [0.25, 0.3) is 0 Å². The van der Waals surface area contributed by atoms with Gasteiger partial charge in [0.1, 0.15) is 0 Å². The SMILES string of the molecule is c1ccc2c(c1)CSSSS2. The molecular weight excluding hydrogens is 212 g/mol. The van der Waals surface area contributed by atoms with Crippen molar-refractivity contribution in [2.75, 3.05) is 0 Å². The minimum Gasteiger partial charge on any atom is -0.0769 e. The minimum absolute atomic E-state index is 1.14. The standard InChI is InChI=1S/C7H6S4/c1-2-4-7-6(3-1)5-8-10-11-9-7/h1-4H,5H2. The highest BCUT2D eigenvalue weighted by Gasteiger charge is 2.07. The second-order valence-corrected chi connectivity index (χ2v) is 7.97. The lowest BCUT2D eigenvalue weighted by Gasteiger charge is -1.99. The molecule has 0 amide bonds. The highest BCUT2D eigenvalue weighted by molar-refractivity contribution is 9.26. The molecule has 0 aliphatic carbocycles. The molecule has 0 saturated carbocycles. The van der Waals surface area contributed by atoms with Crippen LogP contribution in [0.1, 0.15) is 5.56 Å². The normalized spacial score (nSPS) is 17.1.